The second kappa shape index (κ2) is 3.86. The van der Waals surface area contributed by atoms with Gasteiger partial charge in [-0.15, -0.1) is 23.5 Å². The van der Waals surface area contributed by atoms with Gasteiger partial charge in [-0.2, -0.15) is 0 Å². The molecule has 0 aromatic rings. The summed E-state index contributed by atoms with van der Waals surface area (Å²) in [5.74, 6) is -1.90. The SMILES string of the molecule is O=C([O-])C(C(=O)[O-])=C1SCCS1. The molecule has 0 spiro atoms. The highest BCUT2D eigenvalue weighted by Gasteiger charge is 2.15. The van der Waals surface area contributed by atoms with Crippen LogP contribution in [0.25, 0.3) is 0 Å². The molecule has 0 bridgehead atoms. The first-order valence-corrected chi connectivity index (χ1v) is 5.02. The summed E-state index contributed by atoms with van der Waals surface area (Å²) in [6, 6.07) is 0. The van der Waals surface area contributed by atoms with E-state index in [1.807, 2.05) is 0 Å². The smallest absolute Gasteiger partial charge is 0.0750 e. The number of carboxylic acids is 2. The number of carbonyl (C=O) groups is 2. The minimum atomic E-state index is -1.67. The van der Waals surface area contributed by atoms with E-state index in [1.54, 1.807) is 0 Å². The van der Waals surface area contributed by atoms with Gasteiger partial charge in [0.2, 0.25) is 0 Å². The summed E-state index contributed by atoms with van der Waals surface area (Å²) in [7, 11) is 0. The predicted molar refractivity (Wildman–Crippen MR) is 42.0 cm³/mol. The molecule has 0 saturated carbocycles. The quantitative estimate of drug-likeness (QED) is 0.299. The van der Waals surface area contributed by atoms with Gasteiger partial charge in [-0.05, 0) is 0 Å². The summed E-state index contributed by atoms with van der Waals surface area (Å²) in [6.45, 7) is 0. The first-order valence-electron chi connectivity index (χ1n) is 3.05. The van der Waals surface area contributed by atoms with E-state index in [0.29, 0.717) is 0 Å². The van der Waals surface area contributed by atoms with Crippen LogP contribution in [0.3, 0.4) is 0 Å². The summed E-state index contributed by atoms with van der Waals surface area (Å²) >= 11 is 2.42. The van der Waals surface area contributed by atoms with Crippen LogP contribution in [-0.4, -0.2) is 23.4 Å². The lowest BCUT2D eigenvalue weighted by molar-refractivity contribution is -0.312. The van der Waals surface area contributed by atoms with Crippen LogP contribution in [0.1, 0.15) is 0 Å². The largest absolute Gasteiger partial charge is 0.545 e. The molecule has 0 aromatic heterocycles. The molecule has 0 aromatic carbocycles. The lowest BCUT2D eigenvalue weighted by atomic mass is 10.3. The number of carbonyl (C=O) groups excluding carboxylic acids is 2. The molecule has 0 amide bonds. The van der Waals surface area contributed by atoms with Crippen molar-refractivity contribution in [3.8, 4) is 0 Å². The van der Waals surface area contributed by atoms with Gasteiger partial charge in [0.1, 0.15) is 0 Å². The van der Waals surface area contributed by atoms with Crippen LogP contribution < -0.4 is 10.2 Å². The first-order chi connectivity index (χ1) is 5.63. The van der Waals surface area contributed by atoms with E-state index < -0.39 is 17.5 Å². The average molecular weight is 204 g/mol. The Hall–Kier alpha value is -0.620. The van der Waals surface area contributed by atoms with Gasteiger partial charge in [-0.1, -0.05) is 0 Å². The fourth-order valence-corrected chi connectivity index (χ4v) is 3.20. The lowest BCUT2D eigenvalue weighted by Crippen LogP contribution is -2.36. The molecule has 0 unspecified atom stereocenters. The van der Waals surface area contributed by atoms with Gasteiger partial charge >= 0.3 is 0 Å². The Morgan fingerprint density at radius 1 is 1.08 bits per heavy atom. The summed E-state index contributed by atoms with van der Waals surface area (Å²) < 4.78 is 0.287. The molecular weight excluding hydrogens is 200 g/mol. The summed E-state index contributed by atoms with van der Waals surface area (Å²) in [6.07, 6.45) is 0. The van der Waals surface area contributed by atoms with E-state index in [-0.39, 0.29) is 4.24 Å². The maximum atomic E-state index is 10.3. The van der Waals surface area contributed by atoms with Crippen molar-refractivity contribution in [1.82, 2.24) is 0 Å². The third-order valence-corrected chi connectivity index (χ3v) is 3.88. The number of hydrogen-bond donors (Lipinski definition) is 0. The van der Waals surface area contributed by atoms with E-state index >= 15 is 0 Å². The van der Waals surface area contributed by atoms with E-state index in [2.05, 4.69) is 0 Å². The molecule has 12 heavy (non-hydrogen) atoms. The van der Waals surface area contributed by atoms with Crippen LogP contribution in [0.4, 0.5) is 0 Å². The standard InChI is InChI=1S/C6H6O4S2/c7-4(8)3(5(9)10)6-11-1-2-12-6/h1-2H2,(H,7,8)(H,9,10)/p-2. The molecule has 1 fully saturated rings. The van der Waals surface area contributed by atoms with Crippen LogP contribution in [0, 0.1) is 0 Å². The molecule has 1 heterocycles. The number of aliphatic carboxylic acids is 2. The second-order valence-electron chi connectivity index (χ2n) is 1.93. The Morgan fingerprint density at radius 3 is 1.83 bits per heavy atom. The maximum absolute atomic E-state index is 10.3. The number of rotatable bonds is 2. The molecule has 0 atom stereocenters. The number of thioether (sulfide) groups is 2. The highest BCUT2D eigenvalue weighted by Crippen LogP contribution is 2.38. The molecular formula is C6H4O4S2-2. The van der Waals surface area contributed by atoms with Gasteiger partial charge in [0.15, 0.2) is 0 Å². The minimum absolute atomic E-state index is 0.287. The molecule has 6 heteroatoms. The molecule has 1 aliphatic heterocycles. The van der Waals surface area contributed by atoms with Gasteiger partial charge in [0.25, 0.3) is 0 Å². The normalized spacial score (nSPS) is 16.2. The van der Waals surface area contributed by atoms with Gasteiger partial charge < -0.3 is 19.8 Å². The molecule has 0 radical (unpaired) electrons. The Balaban J connectivity index is 2.97. The van der Waals surface area contributed by atoms with Crippen LogP contribution in [-0.2, 0) is 9.59 Å². The van der Waals surface area contributed by atoms with Gasteiger partial charge in [0.05, 0.1) is 16.2 Å². The first kappa shape index (κ1) is 9.47. The highest BCUT2D eigenvalue weighted by molar-refractivity contribution is 8.25. The number of carboxylic acid groups (broad SMARTS) is 2. The van der Waals surface area contributed by atoms with Crippen LogP contribution in [0.5, 0.6) is 0 Å². The Labute approximate surface area is 77.0 Å². The monoisotopic (exact) mass is 204 g/mol. The third-order valence-electron chi connectivity index (χ3n) is 1.16. The summed E-state index contributed by atoms with van der Waals surface area (Å²) in [5, 5.41) is 20.6. The summed E-state index contributed by atoms with van der Waals surface area (Å²) in [5.41, 5.74) is -0.720. The summed E-state index contributed by atoms with van der Waals surface area (Å²) in [4.78, 5) is 20.6. The van der Waals surface area contributed by atoms with E-state index in [1.165, 1.54) is 23.5 Å². The van der Waals surface area contributed by atoms with E-state index in [0.717, 1.165) is 11.5 Å². The van der Waals surface area contributed by atoms with Crippen molar-refractivity contribution < 1.29 is 19.8 Å². The Morgan fingerprint density at radius 2 is 1.50 bits per heavy atom. The van der Waals surface area contributed by atoms with Crippen molar-refractivity contribution in [1.29, 1.82) is 0 Å². The average Bonchev–Trinajstić information content (AvgIpc) is 2.37. The van der Waals surface area contributed by atoms with Gasteiger partial charge in [-0.3, -0.25) is 0 Å². The molecule has 66 valence electrons. The van der Waals surface area contributed by atoms with E-state index in [9.17, 15) is 19.8 Å². The fraction of sp³-hybridized carbons (Fsp3) is 0.333. The maximum Gasteiger partial charge on any atom is 0.0750 e. The van der Waals surface area contributed by atoms with Crippen molar-refractivity contribution in [2.75, 3.05) is 11.5 Å². The zero-order chi connectivity index (χ0) is 9.14. The fourth-order valence-electron chi connectivity index (χ4n) is 0.705. The molecule has 1 rings (SSSR count). The van der Waals surface area contributed by atoms with Gasteiger partial charge in [-0.25, -0.2) is 0 Å². The van der Waals surface area contributed by atoms with Crippen LogP contribution >= 0.6 is 23.5 Å². The molecule has 4 nitrogen and oxygen atoms in total. The van der Waals surface area contributed by atoms with Crippen LogP contribution in [0.15, 0.2) is 9.81 Å². The molecule has 1 saturated heterocycles. The molecule has 0 aliphatic carbocycles. The van der Waals surface area contributed by atoms with Gasteiger partial charge in [0, 0.05) is 17.1 Å². The van der Waals surface area contributed by atoms with Crippen LogP contribution in [0.2, 0.25) is 0 Å². The topological polar surface area (TPSA) is 80.3 Å². The predicted octanol–water partition coefficient (Wildman–Crippen LogP) is -1.82. The van der Waals surface area contributed by atoms with Crippen molar-refractivity contribution >= 4 is 35.5 Å². The Bertz CT molecular complexity index is 234. The molecule has 0 N–H and O–H groups in total. The second-order valence-corrected chi connectivity index (χ2v) is 4.40. The number of hydrogen-bond acceptors (Lipinski definition) is 6. The highest BCUT2D eigenvalue weighted by atomic mass is 32.2. The van der Waals surface area contributed by atoms with E-state index in [4.69, 9.17) is 0 Å². The van der Waals surface area contributed by atoms with Crippen molar-refractivity contribution in [3.63, 3.8) is 0 Å². The Kier molecular flexibility index (Phi) is 3.05. The van der Waals surface area contributed by atoms with Crippen molar-refractivity contribution in [2.24, 2.45) is 0 Å². The lowest BCUT2D eigenvalue weighted by Gasteiger charge is -2.11. The third kappa shape index (κ3) is 1.95. The zero-order valence-electron chi connectivity index (χ0n) is 5.86. The minimum Gasteiger partial charge on any atom is -0.545 e. The zero-order valence-corrected chi connectivity index (χ0v) is 7.50. The van der Waals surface area contributed by atoms with Crippen molar-refractivity contribution in [3.05, 3.63) is 9.81 Å². The molecule has 1 aliphatic rings. The van der Waals surface area contributed by atoms with Crippen molar-refractivity contribution in [2.45, 2.75) is 0 Å².